The molecule has 0 saturated carbocycles. The normalized spacial score (nSPS) is 11.5. The highest BCUT2D eigenvalue weighted by Gasteiger charge is 2.23. The number of hydrogen-bond donors (Lipinski definition) is 1. The Morgan fingerprint density at radius 1 is 1.03 bits per heavy atom. The van der Waals surface area contributed by atoms with Crippen LogP contribution < -0.4 is 10.2 Å². The fourth-order valence-corrected chi connectivity index (χ4v) is 4.02. The van der Waals surface area contributed by atoms with Crippen LogP contribution in [0.2, 0.25) is 0 Å². The van der Waals surface area contributed by atoms with E-state index in [-0.39, 0.29) is 4.90 Å². The van der Waals surface area contributed by atoms with Crippen LogP contribution >= 0.6 is 0 Å². The van der Waals surface area contributed by atoms with Crippen LogP contribution in [0.15, 0.2) is 65.7 Å². The molecule has 0 unspecified atom stereocenters. The summed E-state index contributed by atoms with van der Waals surface area (Å²) < 4.78 is 40.7. The number of aromatic nitrogens is 2. The zero-order chi connectivity index (χ0) is 22.6. The van der Waals surface area contributed by atoms with E-state index >= 15 is 0 Å². The molecule has 1 amide bonds. The second-order valence-corrected chi connectivity index (χ2v) is 9.24. The van der Waals surface area contributed by atoms with Crippen LogP contribution in [0.25, 0.3) is 0 Å². The van der Waals surface area contributed by atoms with Gasteiger partial charge in [-0.1, -0.05) is 12.1 Å². The summed E-state index contributed by atoms with van der Waals surface area (Å²) in [5.74, 6) is -0.601. The first-order valence-corrected chi connectivity index (χ1v) is 10.9. The number of amides is 1. The largest absolute Gasteiger partial charge is 0.378 e. The third-order valence-corrected chi connectivity index (χ3v) is 6.47. The molecular weight excluding hydrogens is 421 g/mol. The first kappa shape index (κ1) is 22.4. The van der Waals surface area contributed by atoms with E-state index in [4.69, 9.17) is 0 Å². The van der Waals surface area contributed by atoms with Crippen molar-refractivity contribution >= 4 is 27.4 Å². The molecule has 0 aliphatic carbocycles. The lowest BCUT2D eigenvalue weighted by atomic mass is 10.2. The zero-order valence-corrected chi connectivity index (χ0v) is 18.3. The molecule has 0 atom stereocenters. The highest BCUT2D eigenvalue weighted by Crippen LogP contribution is 2.17. The molecule has 0 saturated heterocycles. The SMILES string of the molecule is CN(C)c1ccc(Cn2nccc2NC(=O)CN(C)S(=O)(=O)c2ccc(F)cc2)cc1. The van der Waals surface area contributed by atoms with Crippen molar-refractivity contribution in [3.63, 3.8) is 0 Å². The van der Waals surface area contributed by atoms with Gasteiger partial charge in [0.2, 0.25) is 15.9 Å². The first-order chi connectivity index (χ1) is 14.7. The summed E-state index contributed by atoms with van der Waals surface area (Å²) in [7, 11) is 1.30. The van der Waals surface area contributed by atoms with Crippen molar-refractivity contribution in [1.29, 1.82) is 0 Å². The number of carbonyl (C=O) groups is 1. The van der Waals surface area contributed by atoms with Crippen molar-refractivity contribution in [2.24, 2.45) is 0 Å². The summed E-state index contributed by atoms with van der Waals surface area (Å²) in [6, 6.07) is 14.0. The quantitative estimate of drug-likeness (QED) is 0.575. The maximum Gasteiger partial charge on any atom is 0.243 e. The summed E-state index contributed by atoms with van der Waals surface area (Å²) in [5.41, 5.74) is 2.07. The molecule has 10 heteroatoms. The van der Waals surface area contributed by atoms with E-state index in [2.05, 4.69) is 10.4 Å². The molecule has 0 aliphatic rings. The van der Waals surface area contributed by atoms with E-state index in [0.717, 1.165) is 39.8 Å². The Hall–Kier alpha value is -3.24. The van der Waals surface area contributed by atoms with Gasteiger partial charge in [-0.25, -0.2) is 17.5 Å². The van der Waals surface area contributed by atoms with Crippen LogP contribution in [-0.4, -0.2) is 56.1 Å². The fraction of sp³-hybridized carbons (Fsp3) is 0.238. The molecular formula is C21H24FN5O3S. The first-order valence-electron chi connectivity index (χ1n) is 9.46. The number of rotatable bonds is 8. The van der Waals surface area contributed by atoms with Gasteiger partial charge in [0.05, 0.1) is 24.2 Å². The average molecular weight is 446 g/mol. The lowest BCUT2D eigenvalue weighted by Crippen LogP contribution is -2.35. The molecule has 3 aromatic rings. The van der Waals surface area contributed by atoms with Gasteiger partial charge in [0.25, 0.3) is 0 Å². The summed E-state index contributed by atoms with van der Waals surface area (Å²) in [6.07, 6.45) is 1.56. The lowest BCUT2D eigenvalue weighted by Gasteiger charge is -2.17. The van der Waals surface area contributed by atoms with E-state index in [0.29, 0.717) is 12.4 Å². The minimum absolute atomic E-state index is 0.0876. The summed E-state index contributed by atoms with van der Waals surface area (Å²) >= 11 is 0. The van der Waals surface area contributed by atoms with Crippen molar-refractivity contribution in [1.82, 2.24) is 14.1 Å². The van der Waals surface area contributed by atoms with Gasteiger partial charge in [-0.3, -0.25) is 4.79 Å². The molecule has 2 aromatic carbocycles. The van der Waals surface area contributed by atoms with Gasteiger partial charge in [-0.05, 0) is 42.0 Å². The highest BCUT2D eigenvalue weighted by atomic mass is 32.2. The number of benzene rings is 2. The summed E-state index contributed by atoms with van der Waals surface area (Å²) in [6.45, 7) is 0.0441. The molecule has 1 aromatic heterocycles. The van der Waals surface area contributed by atoms with Crippen molar-refractivity contribution in [2.75, 3.05) is 37.9 Å². The molecule has 0 spiro atoms. The van der Waals surface area contributed by atoms with E-state index in [9.17, 15) is 17.6 Å². The van der Waals surface area contributed by atoms with Crippen molar-refractivity contribution in [2.45, 2.75) is 11.4 Å². The number of nitrogens with zero attached hydrogens (tertiary/aromatic N) is 4. The standard InChI is InChI=1S/C21H24FN5O3S/c1-25(2)18-8-4-16(5-9-18)14-27-20(12-13-23-27)24-21(28)15-26(3)31(29,30)19-10-6-17(22)7-11-19/h4-13H,14-15H2,1-3H3,(H,24,28). The van der Waals surface area contributed by atoms with E-state index in [1.165, 1.54) is 7.05 Å². The van der Waals surface area contributed by atoms with Gasteiger partial charge >= 0.3 is 0 Å². The summed E-state index contributed by atoms with van der Waals surface area (Å²) in [5, 5.41) is 6.92. The van der Waals surface area contributed by atoms with Crippen LogP contribution in [0, 0.1) is 5.82 Å². The predicted molar refractivity (Wildman–Crippen MR) is 117 cm³/mol. The minimum atomic E-state index is -3.92. The molecule has 31 heavy (non-hydrogen) atoms. The second kappa shape index (κ2) is 9.27. The van der Waals surface area contributed by atoms with Crippen LogP contribution in [0.1, 0.15) is 5.56 Å². The molecule has 0 radical (unpaired) electrons. The van der Waals surface area contributed by atoms with E-state index in [1.54, 1.807) is 16.9 Å². The van der Waals surface area contributed by atoms with Gasteiger partial charge in [-0.2, -0.15) is 9.40 Å². The van der Waals surface area contributed by atoms with Crippen molar-refractivity contribution in [3.05, 3.63) is 72.2 Å². The number of sulfonamides is 1. The smallest absolute Gasteiger partial charge is 0.243 e. The van der Waals surface area contributed by atoms with Crippen molar-refractivity contribution in [3.8, 4) is 0 Å². The number of hydrogen-bond acceptors (Lipinski definition) is 5. The van der Waals surface area contributed by atoms with Gasteiger partial charge in [-0.15, -0.1) is 0 Å². The third-order valence-electron chi connectivity index (χ3n) is 4.66. The molecule has 1 N–H and O–H groups in total. The maximum absolute atomic E-state index is 13.1. The van der Waals surface area contributed by atoms with Crippen LogP contribution in [0.5, 0.6) is 0 Å². The molecule has 3 rings (SSSR count). The predicted octanol–water partition coefficient (Wildman–Crippen LogP) is 2.40. The van der Waals surface area contributed by atoms with Crippen LogP contribution in [0.4, 0.5) is 15.9 Å². The molecule has 0 fully saturated rings. The fourth-order valence-electron chi connectivity index (χ4n) is 2.89. The van der Waals surface area contributed by atoms with Crippen molar-refractivity contribution < 1.29 is 17.6 Å². The Bertz CT molecular complexity index is 1140. The second-order valence-electron chi connectivity index (χ2n) is 7.20. The van der Waals surface area contributed by atoms with Crippen LogP contribution in [-0.2, 0) is 21.4 Å². The lowest BCUT2D eigenvalue weighted by molar-refractivity contribution is -0.116. The molecule has 8 nitrogen and oxygen atoms in total. The minimum Gasteiger partial charge on any atom is -0.378 e. The maximum atomic E-state index is 13.1. The zero-order valence-electron chi connectivity index (χ0n) is 17.5. The third kappa shape index (κ3) is 5.47. The Balaban J connectivity index is 1.65. The topological polar surface area (TPSA) is 87.5 Å². The Kier molecular flexibility index (Phi) is 6.71. The Morgan fingerprint density at radius 3 is 2.29 bits per heavy atom. The number of anilines is 2. The van der Waals surface area contributed by atoms with Gasteiger partial charge in [0.1, 0.15) is 11.6 Å². The number of nitrogens with one attached hydrogen (secondary N) is 1. The molecule has 0 aliphatic heterocycles. The number of halogens is 1. The number of carbonyl (C=O) groups excluding carboxylic acids is 1. The Labute approximate surface area is 180 Å². The van der Waals surface area contributed by atoms with Gasteiger partial charge < -0.3 is 10.2 Å². The molecule has 164 valence electrons. The van der Waals surface area contributed by atoms with Crippen LogP contribution in [0.3, 0.4) is 0 Å². The number of likely N-dealkylation sites (N-methyl/N-ethyl adjacent to an activating group) is 1. The average Bonchev–Trinajstić information content (AvgIpc) is 3.15. The Morgan fingerprint density at radius 2 is 1.68 bits per heavy atom. The molecule has 1 heterocycles. The van der Waals surface area contributed by atoms with Gasteiger partial charge in [0.15, 0.2) is 0 Å². The van der Waals surface area contributed by atoms with E-state index in [1.807, 2.05) is 43.3 Å². The summed E-state index contributed by atoms with van der Waals surface area (Å²) in [4.78, 5) is 14.4. The monoisotopic (exact) mass is 445 g/mol. The van der Waals surface area contributed by atoms with E-state index < -0.39 is 28.3 Å². The molecule has 0 bridgehead atoms. The van der Waals surface area contributed by atoms with Gasteiger partial charge in [0, 0.05) is 32.9 Å². The highest BCUT2D eigenvalue weighted by molar-refractivity contribution is 7.89.